The van der Waals surface area contributed by atoms with E-state index in [2.05, 4.69) is 5.32 Å². The molecule has 3 N–H and O–H groups in total. The van der Waals surface area contributed by atoms with Crippen molar-refractivity contribution in [2.45, 2.75) is 42.9 Å². The van der Waals surface area contributed by atoms with Gasteiger partial charge in [0.05, 0.1) is 10.5 Å². The van der Waals surface area contributed by atoms with Gasteiger partial charge in [-0.1, -0.05) is 12.1 Å². The van der Waals surface area contributed by atoms with Crippen LogP contribution < -0.4 is 11.1 Å². The minimum Gasteiger partial charge on any atom is -0.366 e. The highest BCUT2D eigenvalue weighted by Gasteiger charge is 2.37. The highest BCUT2D eigenvalue weighted by Crippen LogP contribution is 2.31. The third kappa shape index (κ3) is 5.28. The van der Waals surface area contributed by atoms with Gasteiger partial charge in [-0.2, -0.15) is 17.5 Å². The van der Waals surface area contributed by atoms with Crippen LogP contribution in [-0.4, -0.2) is 37.1 Å². The van der Waals surface area contributed by atoms with Crippen molar-refractivity contribution in [3.05, 3.63) is 65.2 Å². The largest absolute Gasteiger partial charge is 0.416 e. The maximum absolute atomic E-state index is 13.4. The summed E-state index contributed by atoms with van der Waals surface area (Å²) in [5.41, 5.74) is 4.98. The summed E-state index contributed by atoms with van der Waals surface area (Å²) in [7, 11) is -4.32. The third-order valence-electron chi connectivity index (χ3n) is 5.22. The average Bonchev–Trinajstić information content (AvgIpc) is 2.96. The van der Waals surface area contributed by atoms with Crippen molar-refractivity contribution >= 4 is 21.8 Å². The van der Waals surface area contributed by atoms with Crippen molar-refractivity contribution in [1.82, 2.24) is 9.62 Å². The van der Waals surface area contributed by atoms with Gasteiger partial charge in [0.25, 0.3) is 0 Å². The van der Waals surface area contributed by atoms with Crippen molar-refractivity contribution in [3.63, 3.8) is 0 Å². The Labute approximate surface area is 183 Å². The molecule has 1 atom stereocenters. The lowest BCUT2D eigenvalue weighted by atomic mass is 10.1. The first-order chi connectivity index (χ1) is 15.0. The number of carbonyl (C=O) groups is 2. The van der Waals surface area contributed by atoms with Crippen LogP contribution in [0.4, 0.5) is 13.2 Å². The lowest BCUT2D eigenvalue weighted by molar-refractivity contribution is -0.137. The first-order valence-corrected chi connectivity index (χ1v) is 11.3. The van der Waals surface area contributed by atoms with Crippen LogP contribution in [0.1, 0.15) is 40.7 Å². The molecule has 0 spiro atoms. The predicted octanol–water partition coefficient (Wildman–Crippen LogP) is 2.66. The maximum atomic E-state index is 13.4. The Morgan fingerprint density at radius 3 is 2.25 bits per heavy atom. The van der Waals surface area contributed by atoms with Crippen LogP contribution >= 0.6 is 0 Å². The van der Waals surface area contributed by atoms with Crippen molar-refractivity contribution in [1.29, 1.82) is 0 Å². The Morgan fingerprint density at radius 1 is 1.06 bits per heavy atom. The van der Waals surface area contributed by atoms with Crippen LogP contribution in [0.3, 0.4) is 0 Å². The van der Waals surface area contributed by atoms with Crippen LogP contribution in [0.2, 0.25) is 0 Å². The Kier molecular flexibility index (Phi) is 6.89. The molecule has 0 aromatic heterocycles. The second-order valence-electron chi connectivity index (χ2n) is 7.44. The number of benzene rings is 2. The minimum atomic E-state index is -4.61. The van der Waals surface area contributed by atoms with Gasteiger partial charge in [0.2, 0.25) is 21.8 Å². The fraction of sp³-hybridized carbons (Fsp3) is 0.333. The number of alkyl halides is 3. The molecule has 0 radical (unpaired) electrons. The number of nitrogens with two attached hydrogens (primary N) is 1. The molecule has 3 rings (SSSR count). The van der Waals surface area contributed by atoms with Crippen LogP contribution in [0.5, 0.6) is 0 Å². The quantitative estimate of drug-likeness (QED) is 0.678. The number of sulfonamides is 1. The summed E-state index contributed by atoms with van der Waals surface area (Å²) < 4.78 is 66.5. The zero-order chi connectivity index (χ0) is 23.5. The standard InChI is InChI=1S/C21H22F3N3O4S/c22-21(23,24)16-8-10-17(11-9-16)32(30,31)27(18-3-1-2-12-26-20(18)29)13-14-4-6-15(7-5-14)19(25)28/h4-11,18H,1-3,12-13H2,(H2,25,28)(H,26,29). The van der Waals surface area contributed by atoms with Gasteiger partial charge in [-0.15, -0.1) is 0 Å². The Bertz CT molecular complexity index is 1080. The zero-order valence-electron chi connectivity index (χ0n) is 16.9. The number of hydrogen-bond acceptors (Lipinski definition) is 4. The normalized spacial score (nSPS) is 17.6. The lowest BCUT2D eigenvalue weighted by Crippen LogP contribution is -2.48. The number of amides is 2. The number of nitrogens with zero attached hydrogens (tertiary/aromatic N) is 1. The Hall–Kier alpha value is -2.92. The van der Waals surface area contributed by atoms with E-state index in [-0.39, 0.29) is 23.4 Å². The van der Waals surface area contributed by atoms with Gasteiger partial charge >= 0.3 is 6.18 Å². The molecule has 32 heavy (non-hydrogen) atoms. The fourth-order valence-electron chi connectivity index (χ4n) is 3.47. The molecule has 1 fully saturated rings. The molecule has 7 nitrogen and oxygen atoms in total. The van der Waals surface area contributed by atoms with E-state index in [4.69, 9.17) is 5.73 Å². The maximum Gasteiger partial charge on any atom is 0.416 e. The van der Waals surface area contributed by atoms with Gasteiger partial charge in [-0.25, -0.2) is 8.42 Å². The molecule has 0 bridgehead atoms. The summed E-state index contributed by atoms with van der Waals surface area (Å²) in [5, 5.41) is 2.68. The summed E-state index contributed by atoms with van der Waals surface area (Å²) in [4.78, 5) is 23.6. The SMILES string of the molecule is NC(=O)c1ccc(CN(C2CCCCNC2=O)S(=O)(=O)c2ccc(C(F)(F)F)cc2)cc1. The predicted molar refractivity (Wildman–Crippen MR) is 110 cm³/mol. The van der Waals surface area contributed by atoms with Crippen LogP contribution in [0.15, 0.2) is 53.4 Å². The fourth-order valence-corrected chi connectivity index (χ4v) is 5.07. The lowest BCUT2D eigenvalue weighted by Gasteiger charge is -2.29. The number of nitrogens with one attached hydrogen (secondary N) is 1. The molecule has 2 aromatic rings. The van der Waals surface area contributed by atoms with Gasteiger partial charge in [0.1, 0.15) is 6.04 Å². The molecule has 11 heteroatoms. The molecule has 1 aliphatic rings. The highest BCUT2D eigenvalue weighted by atomic mass is 32.2. The van der Waals surface area contributed by atoms with Crippen LogP contribution in [0, 0.1) is 0 Å². The molecule has 1 heterocycles. The number of rotatable bonds is 6. The molecule has 1 aliphatic heterocycles. The van der Waals surface area contributed by atoms with Crippen LogP contribution in [0.25, 0.3) is 0 Å². The van der Waals surface area contributed by atoms with Gasteiger partial charge in [-0.05, 0) is 61.2 Å². The molecule has 2 amide bonds. The van der Waals surface area contributed by atoms with Gasteiger partial charge in [-0.3, -0.25) is 9.59 Å². The van der Waals surface area contributed by atoms with E-state index in [1.807, 2.05) is 0 Å². The number of halogens is 3. The van der Waals surface area contributed by atoms with Crippen LogP contribution in [-0.2, 0) is 27.5 Å². The summed E-state index contributed by atoms with van der Waals surface area (Å²) in [6.45, 7) is 0.206. The number of hydrogen-bond donors (Lipinski definition) is 2. The average molecular weight is 469 g/mol. The van der Waals surface area contributed by atoms with Crippen molar-refractivity contribution in [3.8, 4) is 0 Å². The second-order valence-corrected chi connectivity index (χ2v) is 9.33. The molecular formula is C21H22F3N3O4S. The number of carbonyl (C=O) groups excluding carboxylic acids is 2. The topological polar surface area (TPSA) is 110 Å². The van der Waals surface area contributed by atoms with Crippen molar-refractivity contribution in [2.75, 3.05) is 6.54 Å². The van der Waals surface area contributed by atoms with Gasteiger partial charge in [0, 0.05) is 18.7 Å². The van der Waals surface area contributed by atoms with E-state index in [0.29, 0.717) is 37.1 Å². The van der Waals surface area contributed by atoms with E-state index in [1.165, 1.54) is 24.3 Å². The van der Waals surface area contributed by atoms with E-state index >= 15 is 0 Å². The van der Waals surface area contributed by atoms with E-state index in [1.54, 1.807) is 0 Å². The molecule has 1 saturated heterocycles. The highest BCUT2D eigenvalue weighted by molar-refractivity contribution is 7.89. The molecule has 0 aliphatic carbocycles. The van der Waals surface area contributed by atoms with E-state index in [0.717, 1.165) is 16.4 Å². The third-order valence-corrected chi connectivity index (χ3v) is 7.09. The molecule has 172 valence electrons. The zero-order valence-corrected chi connectivity index (χ0v) is 17.7. The van der Waals surface area contributed by atoms with Crippen molar-refractivity contribution < 1.29 is 31.2 Å². The van der Waals surface area contributed by atoms with Gasteiger partial charge < -0.3 is 11.1 Å². The summed E-state index contributed by atoms with van der Waals surface area (Å²) in [6.07, 6.45) is -3.05. The number of primary amides is 1. The monoisotopic (exact) mass is 469 g/mol. The minimum absolute atomic E-state index is 0.208. The summed E-state index contributed by atoms with van der Waals surface area (Å²) in [5.74, 6) is -1.11. The molecule has 0 saturated carbocycles. The van der Waals surface area contributed by atoms with E-state index < -0.39 is 39.6 Å². The second kappa shape index (κ2) is 9.29. The summed E-state index contributed by atoms with van der Waals surface area (Å²) >= 11 is 0. The van der Waals surface area contributed by atoms with E-state index in [9.17, 15) is 31.2 Å². The van der Waals surface area contributed by atoms with Crippen molar-refractivity contribution in [2.24, 2.45) is 5.73 Å². The molecule has 2 aromatic carbocycles. The first-order valence-electron chi connectivity index (χ1n) is 9.86. The molecule has 1 unspecified atom stereocenters. The summed E-state index contributed by atoms with van der Waals surface area (Å²) in [6, 6.07) is 8.04. The first kappa shape index (κ1) is 23.7. The Balaban J connectivity index is 2.00. The molecular weight excluding hydrogens is 447 g/mol. The van der Waals surface area contributed by atoms with Gasteiger partial charge in [0.15, 0.2) is 0 Å². The smallest absolute Gasteiger partial charge is 0.366 e. The Morgan fingerprint density at radius 2 is 1.69 bits per heavy atom.